The molecule has 0 spiro atoms. The first kappa shape index (κ1) is 12.7. The number of allylic oxidation sites excluding steroid dienone is 2. The number of carbonyl (C=O) groups is 1. The van der Waals surface area contributed by atoms with Gasteiger partial charge in [0, 0.05) is 17.4 Å². The van der Waals surface area contributed by atoms with Gasteiger partial charge < -0.3 is 4.42 Å². The van der Waals surface area contributed by atoms with Crippen molar-refractivity contribution in [2.24, 2.45) is 17.3 Å². The molecule has 1 heterocycles. The van der Waals surface area contributed by atoms with E-state index in [0.717, 1.165) is 12.2 Å². The topological polar surface area (TPSA) is 30.2 Å². The van der Waals surface area contributed by atoms with Gasteiger partial charge in [-0.3, -0.25) is 4.79 Å². The molecule has 3 atom stereocenters. The third kappa shape index (κ3) is 1.46. The van der Waals surface area contributed by atoms with Gasteiger partial charge >= 0.3 is 0 Å². The van der Waals surface area contributed by atoms with E-state index < -0.39 is 0 Å². The van der Waals surface area contributed by atoms with E-state index in [0.29, 0.717) is 11.8 Å². The highest BCUT2D eigenvalue weighted by atomic mass is 16.3. The van der Waals surface area contributed by atoms with Gasteiger partial charge in [0.15, 0.2) is 5.78 Å². The SMILES string of the molecule is Cc1coc2c1C(C)(C)C1C(C)C=CC(=O)C1(C)C2. The van der Waals surface area contributed by atoms with Gasteiger partial charge in [0.25, 0.3) is 0 Å². The molecule has 0 saturated carbocycles. The molecule has 2 aliphatic carbocycles. The van der Waals surface area contributed by atoms with E-state index in [2.05, 4.69) is 40.7 Å². The summed E-state index contributed by atoms with van der Waals surface area (Å²) in [6.07, 6.45) is 6.43. The summed E-state index contributed by atoms with van der Waals surface area (Å²) in [6, 6.07) is 0. The Labute approximate surface area is 114 Å². The molecule has 3 unspecified atom stereocenters. The molecular formula is C17H22O2. The lowest BCUT2D eigenvalue weighted by Crippen LogP contribution is -2.54. The predicted octanol–water partition coefficient (Wildman–Crippen LogP) is 3.82. The minimum Gasteiger partial charge on any atom is -0.469 e. The average molecular weight is 258 g/mol. The van der Waals surface area contributed by atoms with Crippen molar-refractivity contribution in [3.05, 3.63) is 35.3 Å². The van der Waals surface area contributed by atoms with Crippen molar-refractivity contribution >= 4 is 5.78 Å². The number of hydrogen-bond donors (Lipinski definition) is 0. The lowest BCUT2D eigenvalue weighted by Gasteiger charge is -2.52. The maximum Gasteiger partial charge on any atom is 0.162 e. The minimum atomic E-state index is -0.324. The van der Waals surface area contributed by atoms with E-state index in [9.17, 15) is 4.79 Å². The molecule has 1 aromatic heterocycles. The normalized spacial score (nSPS) is 35.9. The quantitative estimate of drug-likeness (QED) is 0.708. The van der Waals surface area contributed by atoms with Crippen LogP contribution in [-0.4, -0.2) is 5.78 Å². The zero-order valence-electron chi connectivity index (χ0n) is 12.4. The average Bonchev–Trinajstić information content (AvgIpc) is 2.65. The zero-order valence-corrected chi connectivity index (χ0v) is 12.4. The lowest BCUT2D eigenvalue weighted by molar-refractivity contribution is -0.131. The van der Waals surface area contributed by atoms with Gasteiger partial charge in [0.05, 0.1) is 6.26 Å². The van der Waals surface area contributed by atoms with Crippen molar-refractivity contribution in [1.29, 1.82) is 0 Å². The van der Waals surface area contributed by atoms with Crippen LogP contribution in [0.3, 0.4) is 0 Å². The number of fused-ring (bicyclic) bond motifs is 2. The Bertz CT molecular complexity index is 576. The van der Waals surface area contributed by atoms with Crippen molar-refractivity contribution in [3.63, 3.8) is 0 Å². The highest BCUT2D eigenvalue weighted by Gasteiger charge is 2.56. The molecule has 0 aliphatic heterocycles. The zero-order chi connectivity index (χ0) is 14.0. The molecule has 0 bridgehead atoms. The number of ketones is 1. The summed E-state index contributed by atoms with van der Waals surface area (Å²) in [5.74, 6) is 2.02. The Kier molecular flexibility index (Phi) is 2.42. The van der Waals surface area contributed by atoms with Gasteiger partial charge in [0.1, 0.15) is 5.76 Å². The van der Waals surface area contributed by atoms with Gasteiger partial charge in [-0.2, -0.15) is 0 Å². The molecular weight excluding hydrogens is 236 g/mol. The molecule has 0 N–H and O–H groups in total. The van der Waals surface area contributed by atoms with Gasteiger partial charge in [0.2, 0.25) is 0 Å². The second-order valence-corrected chi connectivity index (χ2v) is 7.09. The molecule has 1 aromatic rings. The van der Waals surface area contributed by atoms with E-state index in [1.54, 1.807) is 6.08 Å². The van der Waals surface area contributed by atoms with Gasteiger partial charge in [-0.15, -0.1) is 0 Å². The maximum atomic E-state index is 12.5. The molecule has 0 fully saturated rings. The van der Waals surface area contributed by atoms with Gasteiger partial charge in [-0.05, 0) is 35.8 Å². The first-order valence-corrected chi connectivity index (χ1v) is 7.08. The first-order valence-electron chi connectivity index (χ1n) is 7.08. The third-order valence-corrected chi connectivity index (χ3v) is 5.33. The Morgan fingerprint density at radius 1 is 1.32 bits per heavy atom. The molecule has 2 aliphatic rings. The number of hydrogen-bond acceptors (Lipinski definition) is 2. The molecule has 0 radical (unpaired) electrons. The molecule has 3 rings (SSSR count). The number of carbonyl (C=O) groups excluding carboxylic acids is 1. The Balaban J connectivity index is 2.26. The Morgan fingerprint density at radius 3 is 2.68 bits per heavy atom. The molecule has 2 nitrogen and oxygen atoms in total. The number of aryl methyl sites for hydroxylation is 1. The van der Waals surface area contributed by atoms with E-state index >= 15 is 0 Å². The second-order valence-electron chi connectivity index (χ2n) is 7.09. The van der Waals surface area contributed by atoms with Crippen molar-refractivity contribution < 1.29 is 9.21 Å². The molecule has 19 heavy (non-hydrogen) atoms. The summed E-state index contributed by atoms with van der Waals surface area (Å²) in [7, 11) is 0. The van der Waals surface area contributed by atoms with Gasteiger partial charge in [-0.25, -0.2) is 0 Å². The smallest absolute Gasteiger partial charge is 0.162 e. The predicted molar refractivity (Wildman–Crippen MR) is 75.1 cm³/mol. The fraction of sp³-hybridized carbons (Fsp3) is 0.588. The van der Waals surface area contributed by atoms with E-state index in [1.165, 1.54) is 11.1 Å². The summed E-state index contributed by atoms with van der Waals surface area (Å²) in [6.45, 7) is 11.0. The van der Waals surface area contributed by atoms with Crippen LogP contribution in [0.15, 0.2) is 22.8 Å². The van der Waals surface area contributed by atoms with Crippen molar-refractivity contribution in [1.82, 2.24) is 0 Å². The fourth-order valence-electron chi connectivity index (χ4n) is 4.91. The summed E-state index contributed by atoms with van der Waals surface area (Å²) >= 11 is 0. The van der Waals surface area contributed by atoms with Crippen LogP contribution in [0, 0.1) is 24.2 Å². The Hall–Kier alpha value is -1.31. The second kappa shape index (κ2) is 3.62. The van der Waals surface area contributed by atoms with Crippen molar-refractivity contribution in [2.45, 2.75) is 46.5 Å². The largest absolute Gasteiger partial charge is 0.469 e. The van der Waals surface area contributed by atoms with Crippen LogP contribution in [0.2, 0.25) is 0 Å². The Morgan fingerprint density at radius 2 is 2.00 bits per heavy atom. The van der Waals surface area contributed by atoms with Crippen LogP contribution in [0.5, 0.6) is 0 Å². The molecule has 0 saturated heterocycles. The van der Waals surface area contributed by atoms with Gasteiger partial charge in [-0.1, -0.05) is 33.8 Å². The standard InChI is InChI=1S/C17H22O2/c1-10-6-7-13(18)17(5)8-12-14(11(2)9-19-12)16(3,4)15(10)17/h6-7,9-10,15H,8H2,1-5H3. The van der Waals surface area contributed by atoms with E-state index in [1.807, 2.05) is 6.26 Å². The van der Waals surface area contributed by atoms with Crippen LogP contribution in [0.4, 0.5) is 0 Å². The monoisotopic (exact) mass is 258 g/mol. The molecule has 102 valence electrons. The van der Waals surface area contributed by atoms with Crippen LogP contribution in [0.25, 0.3) is 0 Å². The summed E-state index contributed by atoms with van der Waals surface area (Å²) in [5.41, 5.74) is 2.19. The molecule has 2 heteroatoms. The van der Waals surface area contributed by atoms with Crippen LogP contribution < -0.4 is 0 Å². The van der Waals surface area contributed by atoms with E-state index in [-0.39, 0.29) is 16.6 Å². The van der Waals surface area contributed by atoms with Crippen molar-refractivity contribution in [2.75, 3.05) is 0 Å². The highest BCUT2D eigenvalue weighted by Crippen LogP contribution is 2.56. The van der Waals surface area contributed by atoms with Crippen molar-refractivity contribution in [3.8, 4) is 0 Å². The highest BCUT2D eigenvalue weighted by molar-refractivity contribution is 5.96. The molecule has 0 aromatic carbocycles. The fourth-order valence-corrected chi connectivity index (χ4v) is 4.91. The maximum absolute atomic E-state index is 12.5. The summed E-state index contributed by atoms with van der Waals surface area (Å²) in [4.78, 5) is 12.5. The van der Waals surface area contributed by atoms with E-state index in [4.69, 9.17) is 4.42 Å². The summed E-state index contributed by atoms with van der Waals surface area (Å²) in [5, 5.41) is 0. The van der Waals surface area contributed by atoms with Crippen LogP contribution >= 0.6 is 0 Å². The lowest BCUT2D eigenvalue weighted by atomic mass is 9.49. The third-order valence-electron chi connectivity index (χ3n) is 5.33. The van der Waals surface area contributed by atoms with Crippen LogP contribution in [-0.2, 0) is 16.6 Å². The number of rotatable bonds is 0. The molecule has 0 amide bonds. The minimum absolute atomic E-state index is 0.0285. The van der Waals surface area contributed by atoms with Crippen LogP contribution in [0.1, 0.15) is 44.6 Å². The summed E-state index contributed by atoms with van der Waals surface area (Å²) < 4.78 is 5.74. The first-order chi connectivity index (χ1) is 8.78. The number of furan rings is 1.